The van der Waals surface area contributed by atoms with E-state index in [4.69, 9.17) is 18.6 Å². The SMILES string of the molecule is CC(=O)O[C@H]1O[C@H](C)[C@@H](OC(=O)c2ccccc2)[C@H](O[Si](C)(C)C(C)(C)C)[C@@H]1I. The minimum Gasteiger partial charge on any atom is -0.453 e. The first-order valence-corrected chi connectivity index (χ1v) is 13.9. The van der Waals surface area contributed by atoms with Crippen LogP contribution >= 0.6 is 22.6 Å². The van der Waals surface area contributed by atoms with Crippen molar-refractivity contribution in [1.29, 1.82) is 0 Å². The van der Waals surface area contributed by atoms with Gasteiger partial charge in [-0.25, -0.2) is 4.79 Å². The molecule has 0 bridgehead atoms. The van der Waals surface area contributed by atoms with E-state index in [2.05, 4.69) is 56.5 Å². The van der Waals surface area contributed by atoms with Crippen LogP contribution in [-0.4, -0.2) is 48.8 Å². The Morgan fingerprint density at radius 1 is 1.07 bits per heavy atom. The van der Waals surface area contributed by atoms with E-state index in [0.717, 1.165) is 0 Å². The van der Waals surface area contributed by atoms with Crippen LogP contribution in [0.15, 0.2) is 30.3 Å². The Hall–Kier alpha value is -0.973. The van der Waals surface area contributed by atoms with Crippen molar-refractivity contribution in [2.24, 2.45) is 0 Å². The van der Waals surface area contributed by atoms with E-state index in [1.807, 2.05) is 13.0 Å². The number of benzene rings is 1. The van der Waals surface area contributed by atoms with Crippen molar-refractivity contribution in [3.63, 3.8) is 0 Å². The number of esters is 2. The van der Waals surface area contributed by atoms with Crippen LogP contribution in [0.3, 0.4) is 0 Å². The molecule has 1 aliphatic rings. The molecule has 5 atom stereocenters. The third-order valence-electron chi connectivity index (χ3n) is 5.48. The molecule has 1 aromatic rings. The number of hydrogen-bond donors (Lipinski definition) is 0. The number of ether oxygens (including phenoxy) is 3. The first-order chi connectivity index (χ1) is 13.3. The van der Waals surface area contributed by atoms with Gasteiger partial charge in [0.05, 0.1) is 11.7 Å². The summed E-state index contributed by atoms with van der Waals surface area (Å²) in [5.41, 5.74) is 0.470. The predicted molar refractivity (Wildman–Crippen MR) is 122 cm³/mol. The van der Waals surface area contributed by atoms with Gasteiger partial charge < -0.3 is 18.6 Å². The molecule has 0 N–H and O–H groups in total. The summed E-state index contributed by atoms with van der Waals surface area (Å²) < 4.78 is 23.5. The van der Waals surface area contributed by atoms with Gasteiger partial charge >= 0.3 is 11.9 Å². The van der Waals surface area contributed by atoms with Crippen molar-refractivity contribution < 1.29 is 28.2 Å². The maximum absolute atomic E-state index is 12.7. The standard InChI is InChI=1S/C21H31IO6Si/c1-13-17(27-19(24)15-11-9-8-10-12-15)18(28-29(6,7)21(3,4)5)16(22)20(25-13)26-14(2)23/h8-13,16-18,20H,1-7H3/t13-,16+,17-,18-,20-/m1/s1. The van der Waals surface area contributed by atoms with Crippen LogP contribution in [0.25, 0.3) is 0 Å². The first-order valence-electron chi connectivity index (χ1n) is 9.74. The Kier molecular flexibility index (Phi) is 7.91. The number of alkyl halides is 1. The van der Waals surface area contributed by atoms with E-state index in [9.17, 15) is 9.59 Å². The van der Waals surface area contributed by atoms with Gasteiger partial charge in [-0.2, -0.15) is 0 Å². The minimum absolute atomic E-state index is 0.0319. The molecule has 1 saturated heterocycles. The van der Waals surface area contributed by atoms with Crippen LogP contribution in [0.5, 0.6) is 0 Å². The third-order valence-corrected chi connectivity index (χ3v) is 11.3. The number of carbonyl (C=O) groups is 2. The molecular weight excluding hydrogens is 503 g/mol. The molecule has 162 valence electrons. The lowest BCUT2D eigenvalue weighted by Gasteiger charge is -2.47. The zero-order chi connectivity index (χ0) is 22.0. The molecular formula is C21H31IO6Si. The summed E-state index contributed by atoms with van der Waals surface area (Å²) >= 11 is 2.17. The lowest BCUT2D eigenvalue weighted by atomic mass is 10.0. The van der Waals surface area contributed by atoms with Gasteiger partial charge in [0.15, 0.2) is 14.4 Å². The van der Waals surface area contributed by atoms with E-state index in [-0.39, 0.29) is 8.96 Å². The van der Waals surface area contributed by atoms with Crippen LogP contribution in [0, 0.1) is 0 Å². The Morgan fingerprint density at radius 2 is 1.66 bits per heavy atom. The molecule has 0 amide bonds. The first kappa shape index (κ1) is 24.3. The Bertz CT molecular complexity index is 718. The van der Waals surface area contributed by atoms with E-state index in [1.54, 1.807) is 24.3 Å². The molecule has 1 fully saturated rings. The highest BCUT2D eigenvalue weighted by atomic mass is 127. The van der Waals surface area contributed by atoms with Crippen LogP contribution < -0.4 is 0 Å². The lowest BCUT2D eigenvalue weighted by molar-refractivity contribution is -0.231. The van der Waals surface area contributed by atoms with Crippen molar-refractivity contribution in [1.82, 2.24) is 0 Å². The highest BCUT2D eigenvalue weighted by Crippen LogP contribution is 2.41. The molecule has 1 heterocycles. The minimum atomic E-state index is -2.20. The van der Waals surface area contributed by atoms with E-state index >= 15 is 0 Å². The third kappa shape index (κ3) is 6.02. The van der Waals surface area contributed by atoms with Crippen molar-refractivity contribution >= 4 is 42.8 Å². The molecule has 0 unspecified atom stereocenters. The van der Waals surface area contributed by atoms with Crippen molar-refractivity contribution in [3.8, 4) is 0 Å². The number of hydrogen-bond acceptors (Lipinski definition) is 6. The summed E-state index contributed by atoms with van der Waals surface area (Å²) in [5.74, 6) is -0.848. The molecule has 1 aromatic carbocycles. The number of rotatable bonds is 5. The summed E-state index contributed by atoms with van der Waals surface area (Å²) in [6, 6.07) is 8.85. The largest absolute Gasteiger partial charge is 0.453 e. The van der Waals surface area contributed by atoms with Gasteiger partial charge in [-0.15, -0.1) is 0 Å². The average Bonchev–Trinajstić information content (AvgIpc) is 2.61. The summed E-state index contributed by atoms with van der Waals surface area (Å²) in [4.78, 5) is 24.3. The molecule has 0 aromatic heterocycles. The number of halogens is 1. The quantitative estimate of drug-likeness (QED) is 0.236. The van der Waals surface area contributed by atoms with Crippen molar-refractivity contribution in [2.75, 3.05) is 0 Å². The van der Waals surface area contributed by atoms with Crippen LogP contribution in [0.1, 0.15) is 45.0 Å². The Morgan fingerprint density at radius 3 is 2.17 bits per heavy atom. The van der Waals surface area contributed by atoms with E-state index in [1.165, 1.54) is 6.92 Å². The van der Waals surface area contributed by atoms with Gasteiger partial charge in [0.2, 0.25) is 6.29 Å². The highest BCUT2D eigenvalue weighted by Gasteiger charge is 2.51. The summed E-state index contributed by atoms with van der Waals surface area (Å²) in [6.07, 6.45) is -2.33. The highest BCUT2D eigenvalue weighted by molar-refractivity contribution is 14.1. The van der Waals surface area contributed by atoms with Gasteiger partial charge in [-0.3, -0.25) is 4.79 Å². The second-order valence-electron chi connectivity index (χ2n) is 8.84. The van der Waals surface area contributed by atoms with Crippen molar-refractivity contribution in [3.05, 3.63) is 35.9 Å². The molecule has 0 radical (unpaired) electrons. The van der Waals surface area contributed by atoms with E-state index in [0.29, 0.717) is 5.56 Å². The summed E-state index contributed by atoms with van der Waals surface area (Å²) in [5, 5.41) is -0.0319. The second-order valence-corrected chi connectivity index (χ2v) is 15.0. The second kappa shape index (κ2) is 9.45. The lowest BCUT2D eigenvalue weighted by Crippen LogP contribution is -2.61. The topological polar surface area (TPSA) is 71.1 Å². The molecule has 0 saturated carbocycles. The maximum Gasteiger partial charge on any atom is 0.338 e. The van der Waals surface area contributed by atoms with Gasteiger partial charge in [0.1, 0.15) is 10.0 Å². The maximum atomic E-state index is 12.7. The Labute approximate surface area is 187 Å². The zero-order valence-electron chi connectivity index (χ0n) is 18.1. The van der Waals surface area contributed by atoms with Gasteiger partial charge in [-0.1, -0.05) is 61.6 Å². The fourth-order valence-electron chi connectivity index (χ4n) is 2.80. The zero-order valence-corrected chi connectivity index (χ0v) is 21.3. The monoisotopic (exact) mass is 534 g/mol. The van der Waals surface area contributed by atoms with Gasteiger partial charge in [-0.05, 0) is 37.2 Å². The molecule has 1 aliphatic heterocycles. The smallest absolute Gasteiger partial charge is 0.338 e. The van der Waals surface area contributed by atoms with Gasteiger partial charge in [0, 0.05) is 6.92 Å². The van der Waals surface area contributed by atoms with Gasteiger partial charge in [0.25, 0.3) is 0 Å². The molecule has 29 heavy (non-hydrogen) atoms. The van der Waals surface area contributed by atoms with Crippen LogP contribution in [-0.2, 0) is 23.4 Å². The predicted octanol–water partition coefficient (Wildman–Crippen LogP) is 4.71. The normalized spacial score (nSPS) is 27.9. The fourth-order valence-corrected chi connectivity index (χ4v) is 5.27. The fraction of sp³-hybridized carbons (Fsp3) is 0.619. The molecule has 2 rings (SSSR count). The Balaban J connectivity index is 2.32. The molecule has 0 aliphatic carbocycles. The molecule has 6 nitrogen and oxygen atoms in total. The van der Waals surface area contributed by atoms with Crippen molar-refractivity contribution in [2.45, 2.75) is 81.3 Å². The van der Waals surface area contributed by atoms with Crippen LogP contribution in [0.4, 0.5) is 0 Å². The average molecular weight is 534 g/mol. The van der Waals surface area contributed by atoms with E-state index < -0.39 is 44.9 Å². The number of carbonyl (C=O) groups excluding carboxylic acids is 2. The summed E-state index contributed by atoms with van der Waals surface area (Å²) in [6.45, 7) is 13.9. The molecule has 0 spiro atoms. The summed E-state index contributed by atoms with van der Waals surface area (Å²) in [7, 11) is -2.20. The van der Waals surface area contributed by atoms with Crippen LogP contribution in [0.2, 0.25) is 18.1 Å². The molecule has 8 heteroatoms.